The molecule has 0 bridgehead atoms. The second-order valence-corrected chi connectivity index (χ2v) is 5.87. The molecule has 94 valence electrons. The Kier molecular flexibility index (Phi) is 4.76. The van der Waals surface area contributed by atoms with E-state index in [4.69, 9.17) is 11.6 Å². The molecular weight excluding hydrogens is 232 g/mol. The van der Waals surface area contributed by atoms with Crippen LogP contribution in [0.4, 0.5) is 0 Å². The molecule has 0 heterocycles. The van der Waals surface area contributed by atoms with Gasteiger partial charge in [0.2, 0.25) is 0 Å². The predicted molar refractivity (Wildman–Crippen MR) is 74.2 cm³/mol. The van der Waals surface area contributed by atoms with Crippen LogP contribution in [-0.4, -0.2) is 11.7 Å². The van der Waals surface area contributed by atoms with Crippen LogP contribution in [0, 0.1) is 6.92 Å². The summed E-state index contributed by atoms with van der Waals surface area (Å²) in [4.78, 5) is 12.0. The molecule has 0 saturated carbocycles. The Morgan fingerprint density at radius 3 is 2.47 bits per heavy atom. The topological polar surface area (TPSA) is 17.1 Å². The minimum absolute atomic E-state index is 0.0786. The molecule has 0 aliphatic carbocycles. The first-order valence-corrected chi connectivity index (χ1v) is 6.60. The lowest BCUT2D eigenvalue weighted by molar-refractivity contribution is 0.0981. The maximum Gasteiger partial charge on any atom is 0.163 e. The van der Waals surface area contributed by atoms with E-state index >= 15 is 0 Å². The molecule has 1 aromatic rings. The van der Waals surface area contributed by atoms with E-state index in [-0.39, 0.29) is 11.2 Å². The number of hydrogen-bond donors (Lipinski definition) is 0. The smallest absolute Gasteiger partial charge is 0.163 e. The summed E-state index contributed by atoms with van der Waals surface area (Å²) in [7, 11) is 0. The fourth-order valence-electron chi connectivity index (χ4n) is 1.75. The maximum atomic E-state index is 12.0. The van der Waals surface area contributed by atoms with Gasteiger partial charge < -0.3 is 0 Å². The van der Waals surface area contributed by atoms with Crippen molar-refractivity contribution >= 4 is 17.4 Å². The molecule has 0 unspecified atom stereocenters. The number of rotatable bonds is 4. The van der Waals surface area contributed by atoms with Gasteiger partial charge in [-0.15, -0.1) is 11.6 Å². The monoisotopic (exact) mass is 252 g/mol. The average molecular weight is 253 g/mol. The Hall–Kier alpha value is -0.820. The summed E-state index contributed by atoms with van der Waals surface area (Å²) in [5.74, 6) is 0.748. The number of hydrogen-bond acceptors (Lipinski definition) is 1. The van der Waals surface area contributed by atoms with Gasteiger partial charge in [0.25, 0.3) is 0 Å². The van der Waals surface area contributed by atoms with E-state index in [0.29, 0.717) is 12.3 Å². The maximum absolute atomic E-state index is 12.0. The van der Waals surface area contributed by atoms with Crippen molar-refractivity contribution in [2.45, 2.75) is 46.0 Å². The van der Waals surface area contributed by atoms with Crippen molar-refractivity contribution < 1.29 is 4.79 Å². The Labute approximate surface area is 109 Å². The van der Waals surface area contributed by atoms with Crippen molar-refractivity contribution in [1.82, 2.24) is 0 Å². The highest BCUT2D eigenvalue weighted by Crippen LogP contribution is 2.25. The van der Waals surface area contributed by atoms with Crippen molar-refractivity contribution in [3.05, 3.63) is 34.9 Å². The molecule has 0 atom stereocenters. The molecule has 0 N–H and O–H groups in total. The predicted octanol–water partition coefficient (Wildman–Crippen LogP) is 4.49. The summed E-state index contributed by atoms with van der Waals surface area (Å²) < 4.78 is 0. The number of aryl methyl sites for hydroxylation is 1. The number of benzene rings is 1. The van der Waals surface area contributed by atoms with Gasteiger partial charge in [-0.1, -0.05) is 32.9 Å². The number of Topliss-reactive ketones (excluding diaryl/α,β-unsaturated/α-hetero) is 1. The van der Waals surface area contributed by atoms with Crippen molar-refractivity contribution in [2.24, 2.45) is 0 Å². The molecule has 2 heteroatoms. The SMILES string of the molecule is Cc1ccc(C(C)(C)C)cc1C(=O)CCCCl. The van der Waals surface area contributed by atoms with Gasteiger partial charge in [-0.25, -0.2) is 0 Å². The van der Waals surface area contributed by atoms with Gasteiger partial charge >= 0.3 is 0 Å². The first kappa shape index (κ1) is 14.2. The summed E-state index contributed by atoms with van der Waals surface area (Å²) in [5.41, 5.74) is 3.19. The van der Waals surface area contributed by atoms with E-state index in [1.165, 1.54) is 5.56 Å². The fourth-order valence-corrected chi connectivity index (χ4v) is 1.88. The van der Waals surface area contributed by atoms with Gasteiger partial charge in [0.1, 0.15) is 0 Å². The van der Waals surface area contributed by atoms with Gasteiger partial charge in [-0.3, -0.25) is 4.79 Å². The molecule has 17 heavy (non-hydrogen) atoms. The highest BCUT2D eigenvalue weighted by molar-refractivity contribution is 6.18. The number of ketones is 1. The highest BCUT2D eigenvalue weighted by Gasteiger charge is 2.17. The summed E-state index contributed by atoms with van der Waals surface area (Å²) >= 11 is 5.62. The summed E-state index contributed by atoms with van der Waals surface area (Å²) in [6.45, 7) is 8.46. The van der Waals surface area contributed by atoms with Gasteiger partial charge in [0.15, 0.2) is 5.78 Å². The molecular formula is C15H21ClO. The summed E-state index contributed by atoms with van der Waals surface area (Å²) in [5, 5.41) is 0. The lowest BCUT2D eigenvalue weighted by Gasteiger charge is -2.20. The molecule has 0 aromatic heterocycles. The fraction of sp³-hybridized carbons (Fsp3) is 0.533. The van der Waals surface area contributed by atoms with Crippen molar-refractivity contribution in [1.29, 1.82) is 0 Å². The number of alkyl halides is 1. The minimum Gasteiger partial charge on any atom is -0.294 e. The molecule has 0 saturated heterocycles. The Morgan fingerprint density at radius 1 is 1.29 bits per heavy atom. The van der Waals surface area contributed by atoms with Crippen LogP contribution < -0.4 is 0 Å². The van der Waals surface area contributed by atoms with E-state index in [1.54, 1.807) is 0 Å². The Balaban J connectivity index is 3.02. The Bertz CT molecular complexity index is 402. The molecule has 0 spiro atoms. The van der Waals surface area contributed by atoms with E-state index < -0.39 is 0 Å². The first-order chi connectivity index (χ1) is 7.86. The van der Waals surface area contributed by atoms with Gasteiger partial charge in [-0.2, -0.15) is 0 Å². The van der Waals surface area contributed by atoms with Crippen molar-refractivity contribution in [3.8, 4) is 0 Å². The second kappa shape index (κ2) is 5.68. The number of carbonyl (C=O) groups is 1. The van der Waals surface area contributed by atoms with Crippen LogP contribution in [0.1, 0.15) is 55.1 Å². The van der Waals surface area contributed by atoms with Crippen LogP contribution in [0.5, 0.6) is 0 Å². The standard InChI is InChI=1S/C15H21ClO/c1-11-7-8-12(15(2,3)4)10-13(11)14(17)6-5-9-16/h7-8,10H,5-6,9H2,1-4H3. The molecule has 1 aromatic carbocycles. The van der Waals surface area contributed by atoms with Crippen LogP contribution in [0.2, 0.25) is 0 Å². The van der Waals surface area contributed by atoms with E-state index in [9.17, 15) is 4.79 Å². The molecule has 0 aliphatic rings. The number of carbonyl (C=O) groups excluding carboxylic acids is 1. The molecule has 1 rings (SSSR count). The van der Waals surface area contributed by atoms with Crippen LogP contribution >= 0.6 is 11.6 Å². The zero-order valence-corrected chi connectivity index (χ0v) is 11.9. The highest BCUT2D eigenvalue weighted by atomic mass is 35.5. The zero-order chi connectivity index (χ0) is 13.1. The second-order valence-electron chi connectivity index (χ2n) is 5.50. The van der Waals surface area contributed by atoms with Gasteiger partial charge in [0, 0.05) is 17.9 Å². The molecule has 0 aliphatic heterocycles. The lowest BCUT2D eigenvalue weighted by atomic mass is 9.84. The quantitative estimate of drug-likeness (QED) is 0.570. The minimum atomic E-state index is 0.0786. The lowest BCUT2D eigenvalue weighted by Crippen LogP contribution is -2.13. The third-order valence-corrected chi connectivity index (χ3v) is 3.21. The van der Waals surface area contributed by atoms with Crippen LogP contribution in [0.25, 0.3) is 0 Å². The van der Waals surface area contributed by atoms with Gasteiger partial charge in [0.05, 0.1) is 0 Å². The van der Waals surface area contributed by atoms with Crippen LogP contribution in [0.15, 0.2) is 18.2 Å². The van der Waals surface area contributed by atoms with Crippen molar-refractivity contribution in [2.75, 3.05) is 5.88 Å². The Morgan fingerprint density at radius 2 is 1.94 bits per heavy atom. The van der Waals surface area contributed by atoms with E-state index in [0.717, 1.165) is 17.5 Å². The van der Waals surface area contributed by atoms with E-state index in [1.807, 2.05) is 19.1 Å². The molecule has 1 nitrogen and oxygen atoms in total. The molecule has 0 fully saturated rings. The zero-order valence-electron chi connectivity index (χ0n) is 11.1. The first-order valence-electron chi connectivity index (χ1n) is 6.06. The normalized spacial score (nSPS) is 11.6. The van der Waals surface area contributed by atoms with Crippen LogP contribution in [0.3, 0.4) is 0 Å². The number of halogens is 1. The van der Waals surface area contributed by atoms with E-state index in [2.05, 4.69) is 26.8 Å². The van der Waals surface area contributed by atoms with Gasteiger partial charge in [-0.05, 0) is 36.0 Å². The van der Waals surface area contributed by atoms with Crippen molar-refractivity contribution in [3.63, 3.8) is 0 Å². The molecule has 0 amide bonds. The molecule has 0 radical (unpaired) electrons. The largest absolute Gasteiger partial charge is 0.294 e. The third-order valence-electron chi connectivity index (χ3n) is 2.94. The third kappa shape index (κ3) is 3.85. The van der Waals surface area contributed by atoms with Crippen LogP contribution in [-0.2, 0) is 5.41 Å². The summed E-state index contributed by atoms with van der Waals surface area (Å²) in [6.07, 6.45) is 1.29. The summed E-state index contributed by atoms with van der Waals surface area (Å²) in [6, 6.07) is 6.17. The average Bonchev–Trinajstić information content (AvgIpc) is 2.24.